The van der Waals surface area contributed by atoms with Crippen molar-refractivity contribution in [1.29, 1.82) is 0 Å². The standard InChI is InChI=1S/C18H26O5/c1-12-6-5-9-14(19)8-4-2-3-7-13-10-15(20)11-16(21)17(13)18(22)23-12/h10-12,14,19-21H,2-9H2,1H3/t12-,14?/m0/s1. The molecule has 1 aromatic rings. The van der Waals surface area contributed by atoms with E-state index < -0.39 is 5.97 Å². The Balaban J connectivity index is 2.21. The van der Waals surface area contributed by atoms with Crippen LogP contribution in [0.15, 0.2) is 12.1 Å². The van der Waals surface area contributed by atoms with Crippen LogP contribution in [0.25, 0.3) is 0 Å². The average molecular weight is 322 g/mol. The molecule has 0 saturated heterocycles. The van der Waals surface area contributed by atoms with Crippen molar-refractivity contribution in [3.8, 4) is 11.5 Å². The Morgan fingerprint density at radius 2 is 1.78 bits per heavy atom. The molecule has 23 heavy (non-hydrogen) atoms. The fourth-order valence-corrected chi connectivity index (χ4v) is 3.06. The van der Waals surface area contributed by atoms with E-state index >= 15 is 0 Å². The molecule has 1 heterocycles. The Morgan fingerprint density at radius 1 is 1.04 bits per heavy atom. The van der Waals surface area contributed by atoms with Gasteiger partial charge in [0.2, 0.25) is 0 Å². The van der Waals surface area contributed by atoms with Gasteiger partial charge in [-0.2, -0.15) is 0 Å². The summed E-state index contributed by atoms with van der Waals surface area (Å²) >= 11 is 0. The van der Waals surface area contributed by atoms with Crippen LogP contribution in [0.2, 0.25) is 0 Å². The molecule has 0 fully saturated rings. The molecule has 0 bridgehead atoms. The lowest BCUT2D eigenvalue weighted by Gasteiger charge is -2.18. The van der Waals surface area contributed by atoms with Crippen molar-refractivity contribution >= 4 is 5.97 Å². The topological polar surface area (TPSA) is 87.0 Å². The summed E-state index contributed by atoms with van der Waals surface area (Å²) in [4.78, 5) is 12.4. The first-order valence-electron chi connectivity index (χ1n) is 8.41. The third-order valence-corrected chi connectivity index (χ3v) is 4.33. The van der Waals surface area contributed by atoms with Crippen LogP contribution < -0.4 is 0 Å². The minimum atomic E-state index is -0.553. The fourth-order valence-electron chi connectivity index (χ4n) is 3.06. The molecule has 0 radical (unpaired) electrons. The first-order valence-corrected chi connectivity index (χ1v) is 8.41. The number of aliphatic hydroxyl groups excluding tert-OH is 1. The molecular weight excluding hydrogens is 296 g/mol. The molecule has 2 rings (SSSR count). The Kier molecular flexibility index (Phi) is 6.28. The summed E-state index contributed by atoms with van der Waals surface area (Å²) in [5.74, 6) is -0.846. The van der Waals surface area contributed by atoms with Gasteiger partial charge in [0.05, 0.1) is 12.2 Å². The number of phenols is 2. The largest absolute Gasteiger partial charge is 0.508 e. The van der Waals surface area contributed by atoms with E-state index in [9.17, 15) is 20.1 Å². The van der Waals surface area contributed by atoms with Crippen LogP contribution in [0.3, 0.4) is 0 Å². The molecule has 0 spiro atoms. The Hall–Kier alpha value is -1.75. The summed E-state index contributed by atoms with van der Waals surface area (Å²) in [6.45, 7) is 1.81. The van der Waals surface area contributed by atoms with Gasteiger partial charge in [0.15, 0.2) is 0 Å². The van der Waals surface area contributed by atoms with E-state index in [2.05, 4.69) is 0 Å². The van der Waals surface area contributed by atoms with Crippen molar-refractivity contribution in [1.82, 2.24) is 0 Å². The van der Waals surface area contributed by atoms with Crippen molar-refractivity contribution in [2.45, 2.75) is 70.5 Å². The number of fused-ring (bicyclic) bond motifs is 1. The molecule has 1 aliphatic rings. The zero-order valence-electron chi connectivity index (χ0n) is 13.6. The number of carbonyl (C=O) groups is 1. The Labute approximate surface area is 136 Å². The molecule has 1 aromatic carbocycles. The summed E-state index contributed by atoms with van der Waals surface area (Å²) in [6, 6.07) is 2.69. The number of phenolic OH excluding ortho intramolecular Hbond substituents is 2. The summed E-state index contributed by atoms with van der Waals surface area (Å²) in [6.07, 6.45) is 5.67. The van der Waals surface area contributed by atoms with E-state index in [1.54, 1.807) is 0 Å². The third-order valence-electron chi connectivity index (χ3n) is 4.33. The van der Waals surface area contributed by atoms with Crippen LogP contribution in [0.5, 0.6) is 11.5 Å². The summed E-state index contributed by atoms with van der Waals surface area (Å²) < 4.78 is 5.42. The highest BCUT2D eigenvalue weighted by Crippen LogP contribution is 2.30. The first kappa shape index (κ1) is 17.6. The predicted molar refractivity (Wildman–Crippen MR) is 86.7 cm³/mol. The van der Waals surface area contributed by atoms with Crippen molar-refractivity contribution < 1.29 is 24.9 Å². The second-order valence-corrected chi connectivity index (χ2v) is 6.40. The minimum Gasteiger partial charge on any atom is -0.508 e. The molecule has 3 N–H and O–H groups in total. The lowest BCUT2D eigenvalue weighted by molar-refractivity contribution is 0.0305. The van der Waals surface area contributed by atoms with Crippen LogP contribution in [0.4, 0.5) is 0 Å². The van der Waals surface area contributed by atoms with Crippen LogP contribution in [-0.2, 0) is 11.2 Å². The van der Waals surface area contributed by atoms with Crippen molar-refractivity contribution in [2.75, 3.05) is 0 Å². The lowest BCUT2D eigenvalue weighted by Crippen LogP contribution is -2.18. The first-order chi connectivity index (χ1) is 11.0. The quantitative estimate of drug-likeness (QED) is 0.638. The number of esters is 1. The summed E-state index contributed by atoms with van der Waals surface area (Å²) in [5.41, 5.74) is 0.768. The molecular formula is C18H26O5. The monoisotopic (exact) mass is 322 g/mol. The predicted octanol–water partition coefficient (Wildman–Crippen LogP) is 3.29. The SMILES string of the molecule is C[C@H]1CCCC(O)CCCCCc2cc(O)cc(O)c2C(=O)O1. The second kappa shape index (κ2) is 8.20. The van der Waals surface area contributed by atoms with Crippen LogP contribution >= 0.6 is 0 Å². The maximum Gasteiger partial charge on any atom is 0.342 e. The van der Waals surface area contributed by atoms with Crippen molar-refractivity contribution in [3.63, 3.8) is 0 Å². The van der Waals surface area contributed by atoms with Gasteiger partial charge in [0, 0.05) is 6.07 Å². The number of benzene rings is 1. The Morgan fingerprint density at radius 3 is 2.57 bits per heavy atom. The smallest absolute Gasteiger partial charge is 0.342 e. The van der Waals surface area contributed by atoms with Gasteiger partial charge in [-0.25, -0.2) is 4.79 Å². The fraction of sp³-hybridized carbons (Fsp3) is 0.611. The zero-order valence-corrected chi connectivity index (χ0v) is 13.6. The van der Waals surface area contributed by atoms with E-state index in [0.29, 0.717) is 18.4 Å². The van der Waals surface area contributed by atoms with Gasteiger partial charge in [-0.05, 0) is 57.1 Å². The molecule has 0 saturated carbocycles. The number of carbonyl (C=O) groups excluding carboxylic acids is 1. The lowest BCUT2D eigenvalue weighted by atomic mass is 9.97. The molecule has 1 aliphatic heterocycles. The van der Waals surface area contributed by atoms with Crippen molar-refractivity contribution in [3.05, 3.63) is 23.3 Å². The highest BCUT2D eigenvalue weighted by atomic mass is 16.5. The zero-order chi connectivity index (χ0) is 16.8. The number of aromatic hydroxyl groups is 2. The highest BCUT2D eigenvalue weighted by Gasteiger charge is 2.21. The number of aryl methyl sites for hydroxylation is 1. The van der Waals surface area contributed by atoms with E-state index in [-0.39, 0.29) is 29.3 Å². The van der Waals surface area contributed by atoms with Gasteiger partial charge in [-0.3, -0.25) is 0 Å². The maximum absolute atomic E-state index is 12.4. The van der Waals surface area contributed by atoms with E-state index in [0.717, 1.165) is 38.5 Å². The summed E-state index contributed by atoms with van der Waals surface area (Å²) in [5, 5.41) is 29.6. The second-order valence-electron chi connectivity index (χ2n) is 6.40. The molecule has 5 heteroatoms. The maximum atomic E-state index is 12.4. The van der Waals surface area contributed by atoms with Crippen molar-refractivity contribution in [2.24, 2.45) is 0 Å². The minimum absolute atomic E-state index is 0.0568. The molecule has 0 aromatic heterocycles. The molecule has 5 nitrogen and oxygen atoms in total. The third kappa shape index (κ3) is 5.13. The number of aliphatic hydroxyl groups is 1. The molecule has 2 atom stereocenters. The van der Waals surface area contributed by atoms with Crippen LogP contribution in [-0.4, -0.2) is 33.5 Å². The number of hydrogen-bond donors (Lipinski definition) is 3. The van der Waals surface area contributed by atoms with Gasteiger partial charge in [0.1, 0.15) is 17.1 Å². The van der Waals surface area contributed by atoms with E-state index in [1.165, 1.54) is 12.1 Å². The van der Waals surface area contributed by atoms with Gasteiger partial charge in [-0.15, -0.1) is 0 Å². The average Bonchev–Trinajstić information content (AvgIpc) is 2.45. The number of hydrogen-bond acceptors (Lipinski definition) is 5. The highest BCUT2D eigenvalue weighted by molar-refractivity contribution is 5.94. The van der Waals surface area contributed by atoms with Gasteiger partial charge < -0.3 is 20.1 Å². The molecule has 1 unspecified atom stereocenters. The molecule has 128 valence electrons. The van der Waals surface area contributed by atoms with Crippen LogP contribution in [0.1, 0.15) is 67.8 Å². The number of ether oxygens (including phenoxy) is 1. The van der Waals surface area contributed by atoms with E-state index in [1.807, 2.05) is 6.92 Å². The molecule has 0 aliphatic carbocycles. The number of cyclic esters (lactones) is 1. The van der Waals surface area contributed by atoms with E-state index in [4.69, 9.17) is 4.74 Å². The number of rotatable bonds is 0. The van der Waals surface area contributed by atoms with Gasteiger partial charge in [0.25, 0.3) is 0 Å². The molecule has 0 amide bonds. The van der Waals surface area contributed by atoms with Gasteiger partial charge >= 0.3 is 5.97 Å². The van der Waals surface area contributed by atoms with Crippen LogP contribution in [0, 0.1) is 0 Å². The normalized spacial score (nSPS) is 24.3. The van der Waals surface area contributed by atoms with Gasteiger partial charge in [-0.1, -0.05) is 12.8 Å². The Bertz CT molecular complexity index is 540. The summed E-state index contributed by atoms with van der Waals surface area (Å²) in [7, 11) is 0.